The predicted molar refractivity (Wildman–Crippen MR) is 222 cm³/mol. The van der Waals surface area contributed by atoms with E-state index in [1.807, 2.05) is 23.6 Å². The van der Waals surface area contributed by atoms with Crippen molar-refractivity contribution in [2.45, 2.75) is 37.5 Å². The van der Waals surface area contributed by atoms with Crippen LogP contribution in [0.25, 0.3) is 75.9 Å². The van der Waals surface area contributed by atoms with E-state index in [0.717, 1.165) is 29.4 Å². The van der Waals surface area contributed by atoms with Crippen molar-refractivity contribution in [2.24, 2.45) is 23.7 Å². The molecule has 13 rings (SSSR count). The molecule has 0 radical (unpaired) electrons. The normalized spacial score (nSPS) is 23.5. The summed E-state index contributed by atoms with van der Waals surface area (Å²) in [5, 5.41) is 2.72. The summed E-state index contributed by atoms with van der Waals surface area (Å²) >= 11 is 1.91. The molecule has 0 saturated heterocycles. The molecule has 0 amide bonds. The first-order valence-electron chi connectivity index (χ1n) is 19.5. The number of hydrogen-bond donors (Lipinski definition) is 0. The van der Waals surface area contributed by atoms with Crippen LogP contribution in [-0.4, -0.2) is 4.98 Å². The second kappa shape index (κ2) is 11.3. The zero-order valence-electron chi connectivity index (χ0n) is 29.6. The van der Waals surface area contributed by atoms with Crippen LogP contribution in [0, 0.1) is 23.7 Å². The van der Waals surface area contributed by atoms with Crippen molar-refractivity contribution < 1.29 is 0 Å². The van der Waals surface area contributed by atoms with Gasteiger partial charge < -0.3 is 0 Å². The number of pyridine rings is 1. The molecule has 5 aliphatic rings. The van der Waals surface area contributed by atoms with Gasteiger partial charge in [-0.25, -0.2) is 0 Å². The Morgan fingerprint density at radius 3 is 1.96 bits per heavy atom. The molecule has 0 N–H and O–H groups in total. The van der Waals surface area contributed by atoms with E-state index in [1.54, 1.807) is 11.1 Å². The molecule has 4 bridgehead atoms. The molecule has 4 saturated carbocycles. The van der Waals surface area contributed by atoms with E-state index >= 15 is 0 Å². The molecule has 5 aliphatic carbocycles. The number of rotatable bonds is 4. The van der Waals surface area contributed by atoms with Crippen molar-refractivity contribution in [3.05, 3.63) is 163 Å². The van der Waals surface area contributed by atoms with Gasteiger partial charge in [0.25, 0.3) is 0 Å². The average Bonchev–Trinajstić information content (AvgIpc) is 3.73. The van der Waals surface area contributed by atoms with E-state index in [1.165, 1.54) is 102 Å². The molecule has 2 aromatic heterocycles. The Kier molecular flexibility index (Phi) is 6.46. The first kappa shape index (κ1) is 30.2. The maximum absolute atomic E-state index is 4.73. The molecule has 254 valence electrons. The highest BCUT2D eigenvalue weighted by Gasteiger charge is 2.61. The summed E-state index contributed by atoms with van der Waals surface area (Å²) in [6.45, 7) is 0. The third-order valence-corrected chi connectivity index (χ3v) is 14.9. The highest BCUT2D eigenvalue weighted by Crippen LogP contribution is 2.70. The molecule has 2 heterocycles. The van der Waals surface area contributed by atoms with Crippen LogP contribution in [0.2, 0.25) is 0 Å². The molecular weight excluding hydrogens is 659 g/mol. The Hall–Kier alpha value is -5.31. The Morgan fingerprint density at radius 1 is 0.453 bits per heavy atom. The maximum atomic E-state index is 4.73. The summed E-state index contributed by atoms with van der Waals surface area (Å²) in [5.74, 6) is 3.29. The number of nitrogens with zero attached hydrogens (tertiary/aromatic N) is 1. The van der Waals surface area contributed by atoms with Crippen molar-refractivity contribution in [1.82, 2.24) is 4.98 Å². The van der Waals surface area contributed by atoms with Crippen LogP contribution in [0.1, 0.15) is 43.2 Å². The summed E-state index contributed by atoms with van der Waals surface area (Å²) in [4.78, 5) is 4.73. The topological polar surface area (TPSA) is 12.9 Å². The molecule has 8 aromatic rings. The lowest BCUT2D eigenvalue weighted by Crippen LogP contribution is -2.55. The molecule has 53 heavy (non-hydrogen) atoms. The van der Waals surface area contributed by atoms with Crippen molar-refractivity contribution in [3.63, 3.8) is 0 Å². The molecule has 0 aliphatic heterocycles. The van der Waals surface area contributed by atoms with E-state index in [4.69, 9.17) is 4.98 Å². The minimum absolute atomic E-state index is 0.116. The van der Waals surface area contributed by atoms with Crippen molar-refractivity contribution >= 4 is 31.5 Å². The second-order valence-corrected chi connectivity index (χ2v) is 17.4. The minimum atomic E-state index is 0.116. The number of benzene rings is 6. The molecule has 0 atom stereocenters. The summed E-state index contributed by atoms with van der Waals surface area (Å²) < 4.78 is 2.73. The van der Waals surface area contributed by atoms with Gasteiger partial charge in [0.2, 0.25) is 0 Å². The third kappa shape index (κ3) is 4.33. The molecule has 1 spiro atoms. The lowest BCUT2D eigenvalue weighted by molar-refractivity contribution is -0.0399. The van der Waals surface area contributed by atoms with Gasteiger partial charge in [-0.2, -0.15) is 0 Å². The van der Waals surface area contributed by atoms with Crippen molar-refractivity contribution in [3.8, 4) is 55.8 Å². The summed E-state index contributed by atoms with van der Waals surface area (Å²) in [7, 11) is 0. The van der Waals surface area contributed by atoms with Gasteiger partial charge in [-0.1, -0.05) is 109 Å². The van der Waals surface area contributed by atoms with Crippen molar-refractivity contribution in [1.29, 1.82) is 0 Å². The van der Waals surface area contributed by atoms with E-state index in [0.29, 0.717) is 0 Å². The average molecular weight is 698 g/mol. The standard InChI is InChI=1S/C51H39NS/c1-2-12-41(47-16-5-6-22-52-47)39(11-1)35-9-7-10-36(28-35)40-14-8-15-46-50(40)44-29-33(34-18-20-43-42-13-3-4-17-48(42)53-49(43)30-34)19-21-45(44)51(46)37-24-31-23-32(26-37)27-38(51)25-31/h1-22,28-32,37-38H,23-27H2. The van der Waals surface area contributed by atoms with E-state index in [9.17, 15) is 0 Å². The van der Waals surface area contributed by atoms with E-state index in [2.05, 4.69) is 140 Å². The quantitative estimate of drug-likeness (QED) is 0.178. The van der Waals surface area contributed by atoms with Gasteiger partial charge in [-0.15, -0.1) is 11.3 Å². The fourth-order valence-electron chi connectivity index (χ4n) is 11.9. The summed E-state index contributed by atoms with van der Waals surface area (Å²) in [6, 6.07) is 55.1. The molecule has 2 heteroatoms. The van der Waals surface area contributed by atoms with Gasteiger partial charge in [-0.3, -0.25) is 4.98 Å². The largest absolute Gasteiger partial charge is 0.256 e. The highest BCUT2D eigenvalue weighted by molar-refractivity contribution is 7.25. The zero-order chi connectivity index (χ0) is 34.7. The zero-order valence-corrected chi connectivity index (χ0v) is 30.5. The lowest BCUT2D eigenvalue weighted by atomic mass is 9.43. The Bertz CT molecular complexity index is 2720. The van der Waals surface area contributed by atoms with Crippen molar-refractivity contribution in [2.75, 3.05) is 0 Å². The Labute approximate surface area is 315 Å². The lowest BCUT2D eigenvalue weighted by Gasteiger charge is -2.61. The molecule has 0 unspecified atom stereocenters. The number of aromatic nitrogens is 1. The van der Waals surface area contributed by atoms with Gasteiger partial charge in [0.15, 0.2) is 0 Å². The van der Waals surface area contributed by atoms with Crippen LogP contribution in [0.5, 0.6) is 0 Å². The van der Waals surface area contributed by atoms with E-state index in [-0.39, 0.29) is 5.41 Å². The fourth-order valence-corrected chi connectivity index (χ4v) is 13.1. The number of hydrogen-bond acceptors (Lipinski definition) is 2. The first-order chi connectivity index (χ1) is 26.2. The molecule has 4 fully saturated rings. The predicted octanol–water partition coefficient (Wildman–Crippen LogP) is 13.8. The van der Waals surface area contributed by atoms with Crippen LogP contribution >= 0.6 is 11.3 Å². The van der Waals surface area contributed by atoms with E-state index < -0.39 is 0 Å². The van der Waals surface area contributed by atoms with Crippen LogP contribution < -0.4 is 0 Å². The van der Waals surface area contributed by atoms with Crippen LogP contribution in [0.3, 0.4) is 0 Å². The van der Waals surface area contributed by atoms with Gasteiger partial charge in [0, 0.05) is 37.3 Å². The fraction of sp³-hybridized carbons (Fsp3) is 0.196. The molecule has 1 nitrogen and oxygen atoms in total. The van der Waals surface area contributed by atoms with Crippen LogP contribution in [0.4, 0.5) is 0 Å². The van der Waals surface area contributed by atoms with Gasteiger partial charge >= 0.3 is 0 Å². The number of fused-ring (bicyclic) bond motifs is 6. The molecule has 6 aromatic carbocycles. The SMILES string of the molecule is c1ccc(-c2ccccc2-c2cccc(-c3cccc4c3-c3cc(-c5ccc6c(c5)sc5ccccc56)ccc3C43C4CC5CC(C4)CC3C5)c2)nc1. The molecular formula is C51H39NS. The Morgan fingerprint density at radius 2 is 1.13 bits per heavy atom. The third-order valence-electron chi connectivity index (χ3n) is 13.7. The monoisotopic (exact) mass is 697 g/mol. The Balaban J connectivity index is 1.06. The summed E-state index contributed by atoms with van der Waals surface area (Å²) in [6.07, 6.45) is 8.91. The van der Waals surface area contributed by atoms with Gasteiger partial charge in [0.05, 0.1) is 5.69 Å². The number of thiophene rings is 1. The maximum Gasteiger partial charge on any atom is 0.0708 e. The first-order valence-corrected chi connectivity index (χ1v) is 20.4. The van der Waals surface area contributed by atoms with Gasteiger partial charge in [-0.05, 0) is 148 Å². The smallest absolute Gasteiger partial charge is 0.0708 e. The minimum Gasteiger partial charge on any atom is -0.256 e. The van der Waals surface area contributed by atoms with Crippen LogP contribution in [-0.2, 0) is 5.41 Å². The van der Waals surface area contributed by atoms with Gasteiger partial charge in [0.1, 0.15) is 0 Å². The van der Waals surface area contributed by atoms with Crippen LogP contribution in [0.15, 0.2) is 152 Å². The highest BCUT2D eigenvalue weighted by atomic mass is 32.1. The summed E-state index contributed by atoms with van der Waals surface area (Å²) in [5.41, 5.74) is 16.2. The second-order valence-electron chi connectivity index (χ2n) is 16.3.